The summed E-state index contributed by atoms with van der Waals surface area (Å²) in [5.41, 5.74) is 22.1. The maximum absolute atomic E-state index is 2.52. The van der Waals surface area contributed by atoms with Crippen LogP contribution in [0.25, 0.3) is 133 Å². The normalized spacial score (nSPS) is 11.9. The van der Waals surface area contributed by atoms with Crippen LogP contribution in [-0.4, -0.2) is 9.13 Å². The fourth-order valence-electron chi connectivity index (χ4n) is 11.2. The largest absolute Gasteiger partial charge is 0.309 e. The summed E-state index contributed by atoms with van der Waals surface area (Å²) in [6.45, 7) is 0. The lowest BCUT2D eigenvalue weighted by Gasteiger charge is -2.16. The van der Waals surface area contributed by atoms with Crippen molar-refractivity contribution in [2.24, 2.45) is 0 Å². The topological polar surface area (TPSA) is 9.86 Å². The van der Waals surface area contributed by atoms with Gasteiger partial charge in [-0.2, -0.15) is 0 Å². The number of rotatable bonds is 6. The van der Waals surface area contributed by atoms with Crippen LogP contribution in [0.3, 0.4) is 0 Å². The molecular weight excluding hydrogens is 797 g/mol. The van der Waals surface area contributed by atoms with Crippen molar-refractivity contribution in [2.45, 2.75) is 0 Å². The van der Waals surface area contributed by atoms with E-state index >= 15 is 0 Å². The van der Waals surface area contributed by atoms with Gasteiger partial charge in [0.25, 0.3) is 0 Å². The molecule has 1 aliphatic rings. The Morgan fingerprint density at radius 2 is 0.652 bits per heavy atom. The van der Waals surface area contributed by atoms with Crippen LogP contribution in [0.5, 0.6) is 0 Å². The minimum absolute atomic E-state index is 1.17. The lowest BCUT2D eigenvalue weighted by Crippen LogP contribution is -1.96. The summed E-state index contributed by atoms with van der Waals surface area (Å²) < 4.78 is 4.90. The van der Waals surface area contributed by atoms with Crippen LogP contribution in [0.2, 0.25) is 0 Å². The van der Waals surface area contributed by atoms with E-state index in [1.54, 1.807) is 0 Å². The molecule has 0 bridgehead atoms. The Labute approximate surface area is 382 Å². The first-order valence-corrected chi connectivity index (χ1v) is 22.8. The van der Waals surface area contributed by atoms with E-state index in [1.807, 2.05) is 0 Å². The second kappa shape index (κ2) is 14.4. The standard InChI is InChI=1S/C64H40N2/c1-5-16-41(17-6-1)44-28-35-60-55(38-44)56-40-46(45-29-34-59-54(39-45)50-24-13-14-27-57(50)65(59)47-22-11-4-12-23-47)30-36-61(56)66(60)58-37-33-53-62-51(58)25-15-26-52(62)63-48(42-18-7-2-8-19-42)31-32-49(64(53)63)43-20-9-3-10-21-43/h1-40H. The van der Waals surface area contributed by atoms with E-state index in [-0.39, 0.29) is 0 Å². The van der Waals surface area contributed by atoms with E-state index in [9.17, 15) is 0 Å². The molecule has 0 fully saturated rings. The summed E-state index contributed by atoms with van der Waals surface area (Å²) in [4.78, 5) is 0. The second-order valence-electron chi connectivity index (χ2n) is 17.6. The number of hydrogen-bond acceptors (Lipinski definition) is 0. The molecule has 0 amide bonds. The van der Waals surface area contributed by atoms with E-state index in [2.05, 4.69) is 252 Å². The zero-order chi connectivity index (χ0) is 43.3. The molecule has 0 radical (unpaired) electrons. The Morgan fingerprint density at radius 3 is 1.24 bits per heavy atom. The molecular formula is C64H40N2. The van der Waals surface area contributed by atoms with E-state index in [1.165, 1.54) is 133 Å². The lowest BCUT2D eigenvalue weighted by atomic mass is 9.88. The van der Waals surface area contributed by atoms with Gasteiger partial charge in [0.2, 0.25) is 0 Å². The van der Waals surface area contributed by atoms with Gasteiger partial charge in [-0.15, -0.1) is 0 Å². The number of benzene rings is 11. The Morgan fingerprint density at radius 1 is 0.227 bits per heavy atom. The smallest absolute Gasteiger partial charge is 0.0541 e. The highest BCUT2D eigenvalue weighted by Gasteiger charge is 2.29. The Bertz CT molecular complexity index is 3990. The molecule has 306 valence electrons. The van der Waals surface area contributed by atoms with E-state index in [4.69, 9.17) is 0 Å². The zero-order valence-electron chi connectivity index (χ0n) is 36.0. The minimum atomic E-state index is 1.17. The average Bonchev–Trinajstić information content (AvgIpc) is 4.03. The van der Waals surface area contributed by atoms with E-state index < -0.39 is 0 Å². The molecule has 2 aromatic heterocycles. The number of para-hydroxylation sites is 2. The quantitative estimate of drug-likeness (QED) is 0.158. The van der Waals surface area contributed by atoms with Crippen molar-refractivity contribution >= 4 is 54.4 Å². The molecule has 2 heterocycles. The van der Waals surface area contributed by atoms with Crippen molar-refractivity contribution < 1.29 is 0 Å². The highest BCUT2D eigenvalue weighted by atomic mass is 15.0. The van der Waals surface area contributed by atoms with Gasteiger partial charge >= 0.3 is 0 Å². The Kier molecular flexibility index (Phi) is 8.02. The van der Waals surface area contributed by atoms with Crippen LogP contribution in [0, 0.1) is 0 Å². The fourth-order valence-corrected chi connectivity index (χ4v) is 11.2. The van der Waals surface area contributed by atoms with Crippen molar-refractivity contribution in [2.75, 3.05) is 0 Å². The van der Waals surface area contributed by atoms with Gasteiger partial charge in [0, 0.05) is 32.6 Å². The minimum Gasteiger partial charge on any atom is -0.309 e. The van der Waals surface area contributed by atoms with Gasteiger partial charge in [0.1, 0.15) is 0 Å². The van der Waals surface area contributed by atoms with Crippen molar-refractivity contribution in [3.8, 4) is 78.1 Å². The number of hydrogen-bond donors (Lipinski definition) is 0. The SMILES string of the molecule is c1ccc(-c2ccc3c(c2)c2cc(-c4ccc5c(c4)c4ccccc4n5-c4ccccc4)ccc2n3-c2ccc3c4c(cccc24)-c2c(-c4ccccc4)ccc(-c4ccccc4)c2-3)cc1. The molecule has 11 aromatic carbocycles. The number of nitrogens with zero attached hydrogens (tertiary/aromatic N) is 2. The predicted octanol–water partition coefficient (Wildman–Crippen LogP) is 17.3. The highest BCUT2D eigenvalue weighted by molar-refractivity contribution is 6.23. The molecule has 0 aliphatic heterocycles. The molecule has 66 heavy (non-hydrogen) atoms. The van der Waals surface area contributed by atoms with Gasteiger partial charge in [-0.25, -0.2) is 0 Å². The molecule has 0 atom stereocenters. The van der Waals surface area contributed by atoms with Crippen molar-refractivity contribution in [1.29, 1.82) is 0 Å². The van der Waals surface area contributed by atoms with Crippen LogP contribution in [0.15, 0.2) is 243 Å². The van der Waals surface area contributed by atoms with Gasteiger partial charge in [0.05, 0.1) is 27.8 Å². The van der Waals surface area contributed by atoms with Crippen LogP contribution in [0.4, 0.5) is 0 Å². The highest BCUT2D eigenvalue weighted by Crippen LogP contribution is 2.55. The third-order valence-electron chi connectivity index (χ3n) is 14.1. The third-order valence-corrected chi connectivity index (χ3v) is 14.1. The summed E-state index contributed by atoms with van der Waals surface area (Å²) in [7, 11) is 0. The first kappa shape index (κ1) is 36.7. The maximum atomic E-state index is 2.52. The fraction of sp³-hybridized carbons (Fsp3) is 0. The first-order valence-electron chi connectivity index (χ1n) is 22.8. The van der Waals surface area contributed by atoms with Crippen LogP contribution in [-0.2, 0) is 0 Å². The van der Waals surface area contributed by atoms with Crippen molar-refractivity contribution in [3.05, 3.63) is 243 Å². The molecule has 1 aliphatic carbocycles. The third kappa shape index (κ3) is 5.42. The van der Waals surface area contributed by atoms with Crippen LogP contribution < -0.4 is 0 Å². The molecule has 0 unspecified atom stereocenters. The molecule has 0 N–H and O–H groups in total. The second-order valence-corrected chi connectivity index (χ2v) is 17.6. The number of aromatic nitrogens is 2. The van der Waals surface area contributed by atoms with Crippen LogP contribution >= 0.6 is 0 Å². The monoisotopic (exact) mass is 836 g/mol. The Hall–Kier alpha value is -8.72. The van der Waals surface area contributed by atoms with Gasteiger partial charge in [0.15, 0.2) is 0 Å². The Balaban J connectivity index is 1.00. The summed E-state index contributed by atoms with van der Waals surface area (Å²) in [5.74, 6) is 0. The van der Waals surface area contributed by atoms with Crippen molar-refractivity contribution in [1.82, 2.24) is 9.13 Å². The maximum Gasteiger partial charge on any atom is 0.0541 e. The average molecular weight is 837 g/mol. The van der Waals surface area contributed by atoms with E-state index in [0.29, 0.717) is 0 Å². The molecule has 13 aromatic rings. The predicted molar refractivity (Wildman–Crippen MR) is 279 cm³/mol. The van der Waals surface area contributed by atoms with E-state index in [0.717, 1.165) is 0 Å². The van der Waals surface area contributed by atoms with Gasteiger partial charge in [-0.1, -0.05) is 182 Å². The lowest BCUT2D eigenvalue weighted by molar-refractivity contribution is 1.18. The zero-order valence-corrected chi connectivity index (χ0v) is 36.0. The van der Waals surface area contributed by atoms with Gasteiger partial charge in [-0.3, -0.25) is 0 Å². The molecule has 2 nitrogen and oxygen atoms in total. The molecule has 0 spiro atoms. The summed E-state index contributed by atoms with van der Waals surface area (Å²) in [5, 5.41) is 7.52. The van der Waals surface area contributed by atoms with Crippen LogP contribution in [0.1, 0.15) is 0 Å². The first-order chi connectivity index (χ1) is 32.8. The molecule has 0 saturated heterocycles. The summed E-state index contributed by atoms with van der Waals surface area (Å²) in [6, 6.07) is 89.4. The number of fused-ring (bicyclic) bond motifs is 9. The molecule has 14 rings (SSSR count). The van der Waals surface area contributed by atoms with Crippen molar-refractivity contribution in [3.63, 3.8) is 0 Å². The summed E-state index contributed by atoms with van der Waals surface area (Å²) >= 11 is 0. The molecule has 2 heteroatoms. The van der Waals surface area contributed by atoms with Gasteiger partial charge < -0.3 is 9.13 Å². The summed E-state index contributed by atoms with van der Waals surface area (Å²) in [6.07, 6.45) is 0. The van der Waals surface area contributed by atoms with Gasteiger partial charge in [-0.05, 0) is 133 Å². The molecule has 0 saturated carbocycles.